The predicted octanol–water partition coefficient (Wildman–Crippen LogP) is 3.13. The highest BCUT2D eigenvalue weighted by atomic mass is 16.3. The topological polar surface area (TPSA) is 69.6 Å². The molecule has 0 radical (unpaired) electrons. The number of hydrogen-bond donors (Lipinski definition) is 2. The normalized spacial score (nSPS) is 18.8. The molecule has 1 aliphatic carbocycles. The van der Waals surface area contributed by atoms with E-state index in [1.807, 2.05) is 37.3 Å². The molecule has 1 heterocycles. The molecule has 27 heavy (non-hydrogen) atoms. The summed E-state index contributed by atoms with van der Waals surface area (Å²) in [5.41, 5.74) is 4.89. The Morgan fingerprint density at radius 3 is 2.67 bits per heavy atom. The molecule has 2 amide bonds. The zero-order valence-electron chi connectivity index (χ0n) is 15.2. The molecule has 0 fully saturated rings. The van der Waals surface area contributed by atoms with Crippen LogP contribution < -0.4 is 5.32 Å². The van der Waals surface area contributed by atoms with Crippen LogP contribution in [-0.4, -0.2) is 34.9 Å². The van der Waals surface area contributed by atoms with Crippen molar-refractivity contribution in [3.63, 3.8) is 0 Å². The largest absolute Gasteiger partial charge is 0.503 e. The van der Waals surface area contributed by atoms with Gasteiger partial charge in [0.15, 0.2) is 5.76 Å². The predicted molar refractivity (Wildman–Crippen MR) is 103 cm³/mol. The fourth-order valence-electron chi connectivity index (χ4n) is 3.99. The Bertz CT molecular complexity index is 934. The van der Waals surface area contributed by atoms with Crippen molar-refractivity contribution in [2.75, 3.05) is 13.1 Å². The van der Waals surface area contributed by atoms with E-state index < -0.39 is 11.7 Å². The molecule has 1 atom stereocenters. The monoisotopic (exact) mass is 362 g/mol. The van der Waals surface area contributed by atoms with Gasteiger partial charge in [0.25, 0.3) is 11.8 Å². The van der Waals surface area contributed by atoms with Crippen molar-refractivity contribution in [1.29, 1.82) is 0 Å². The zero-order valence-corrected chi connectivity index (χ0v) is 15.2. The Morgan fingerprint density at radius 1 is 1.19 bits per heavy atom. The molecule has 138 valence electrons. The first-order valence-electron chi connectivity index (χ1n) is 9.29. The summed E-state index contributed by atoms with van der Waals surface area (Å²) in [5, 5.41) is 13.0. The van der Waals surface area contributed by atoms with Crippen molar-refractivity contribution in [2.24, 2.45) is 0 Å². The second-order valence-electron chi connectivity index (χ2n) is 6.95. The Kier molecular flexibility index (Phi) is 4.44. The number of benzene rings is 2. The van der Waals surface area contributed by atoms with Gasteiger partial charge in [-0.1, -0.05) is 48.5 Å². The third-order valence-corrected chi connectivity index (χ3v) is 5.44. The van der Waals surface area contributed by atoms with E-state index in [1.165, 1.54) is 21.6 Å². The van der Waals surface area contributed by atoms with E-state index in [1.54, 1.807) is 0 Å². The first-order valence-corrected chi connectivity index (χ1v) is 9.29. The smallest absolute Gasteiger partial charge is 0.289 e. The lowest BCUT2D eigenvalue weighted by molar-refractivity contribution is -0.127. The summed E-state index contributed by atoms with van der Waals surface area (Å²) in [6.07, 6.45) is 1.70. The van der Waals surface area contributed by atoms with E-state index in [-0.39, 0.29) is 24.1 Å². The van der Waals surface area contributed by atoms with Crippen molar-refractivity contribution in [3.8, 4) is 11.1 Å². The van der Waals surface area contributed by atoms with Crippen molar-refractivity contribution in [1.82, 2.24) is 10.2 Å². The Morgan fingerprint density at radius 2 is 1.96 bits per heavy atom. The second kappa shape index (κ2) is 6.91. The minimum atomic E-state index is -0.471. The van der Waals surface area contributed by atoms with Crippen LogP contribution in [0.1, 0.15) is 30.5 Å². The lowest BCUT2D eigenvalue weighted by atomic mass is 9.96. The minimum absolute atomic E-state index is 0.109. The van der Waals surface area contributed by atoms with E-state index >= 15 is 0 Å². The highest BCUT2D eigenvalue weighted by Gasteiger charge is 2.35. The maximum absolute atomic E-state index is 12.7. The van der Waals surface area contributed by atoms with Gasteiger partial charge in [-0.2, -0.15) is 0 Å². The fourth-order valence-corrected chi connectivity index (χ4v) is 3.99. The highest BCUT2D eigenvalue weighted by molar-refractivity contribution is 6.07. The first-order chi connectivity index (χ1) is 13.1. The molecule has 0 spiro atoms. The van der Waals surface area contributed by atoms with Crippen LogP contribution in [0.5, 0.6) is 0 Å². The maximum atomic E-state index is 12.7. The van der Waals surface area contributed by atoms with Gasteiger partial charge in [-0.05, 0) is 42.0 Å². The summed E-state index contributed by atoms with van der Waals surface area (Å²) < 4.78 is 0. The third-order valence-electron chi connectivity index (χ3n) is 5.44. The van der Waals surface area contributed by atoms with Gasteiger partial charge in [-0.25, -0.2) is 0 Å². The average Bonchev–Trinajstić information content (AvgIpc) is 3.24. The summed E-state index contributed by atoms with van der Waals surface area (Å²) in [7, 11) is 0. The van der Waals surface area contributed by atoms with Crippen LogP contribution in [0.2, 0.25) is 0 Å². The molecule has 0 unspecified atom stereocenters. The number of nitrogens with one attached hydrogen (secondary N) is 1. The number of carbonyl (C=O) groups excluding carboxylic acids is 2. The van der Waals surface area contributed by atoms with Crippen LogP contribution in [0, 0.1) is 0 Å². The summed E-state index contributed by atoms with van der Waals surface area (Å²) in [5.74, 6) is -1.26. The Labute approximate surface area is 158 Å². The molecule has 4 rings (SSSR count). The molecule has 5 heteroatoms. The molecule has 0 aromatic heterocycles. The Balaban J connectivity index is 1.58. The molecule has 2 aromatic rings. The van der Waals surface area contributed by atoms with Crippen molar-refractivity contribution < 1.29 is 14.7 Å². The number of nitrogens with zero attached hydrogens (tertiary/aromatic N) is 1. The van der Waals surface area contributed by atoms with Crippen molar-refractivity contribution in [3.05, 3.63) is 71.0 Å². The summed E-state index contributed by atoms with van der Waals surface area (Å²) in [4.78, 5) is 26.1. The Hall–Kier alpha value is -3.08. The number of hydrogen-bond acceptors (Lipinski definition) is 3. The number of carbonyl (C=O) groups is 2. The number of fused-ring (bicyclic) bond motifs is 1. The molecule has 2 aliphatic rings. The average molecular weight is 362 g/mol. The molecule has 2 aromatic carbocycles. The van der Waals surface area contributed by atoms with Crippen LogP contribution in [0.25, 0.3) is 11.1 Å². The lowest BCUT2D eigenvalue weighted by Gasteiger charge is -2.16. The van der Waals surface area contributed by atoms with E-state index in [0.29, 0.717) is 6.54 Å². The van der Waals surface area contributed by atoms with Gasteiger partial charge in [0.1, 0.15) is 0 Å². The molecule has 0 bridgehead atoms. The number of likely N-dealkylation sites (N-methyl/N-ethyl adjacent to an activating group) is 1. The van der Waals surface area contributed by atoms with E-state index in [0.717, 1.165) is 18.4 Å². The number of rotatable bonds is 4. The van der Waals surface area contributed by atoms with Gasteiger partial charge in [0.2, 0.25) is 0 Å². The van der Waals surface area contributed by atoms with Crippen molar-refractivity contribution >= 4 is 11.8 Å². The van der Waals surface area contributed by atoms with Gasteiger partial charge in [-0.15, -0.1) is 0 Å². The van der Waals surface area contributed by atoms with Gasteiger partial charge in [0.05, 0.1) is 18.2 Å². The first kappa shape index (κ1) is 17.3. The van der Waals surface area contributed by atoms with Gasteiger partial charge >= 0.3 is 0 Å². The summed E-state index contributed by atoms with van der Waals surface area (Å²) in [6.45, 7) is 2.45. The lowest BCUT2D eigenvalue weighted by Crippen LogP contribution is -2.31. The van der Waals surface area contributed by atoms with Gasteiger partial charge in [0, 0.05) is 6.54 Å². The highest BCUT2D eigenvalue weighted by Crippen LogP contribution is 2.38. The SMILES string of the molecule is CCN1CC(C(=O)N[C@@H]2CCc3c(-c4ccccc4)cccc32)=C(O)C1=O. The van der Waals surface area contributed by atoms with E-state index in [2.05, 4.69) is 23.5 Å². The molecular formula is C22H22N2O3. The van der Waals surface area contributed by atoms with Crippen molar-refractivity contribution in [2.45, 2.75) is 25.8 Å². The van der Waals surface area contributed by atoms with Crippen LogP contribution in [0.3, 0.4) is 0 Å². The standard InChI is InChI=1S/C22H22N2O3/c1-2-24-13-18(20(25)22(24)27)21(26)23-19-12-11-16-15(9-6-10-17(16)19)14-7-4-3-5-8-14/h3-10,19,25H,2,11-13H2,1H3,(H,23,26)/t19-/m1/s1. The number of amides is 2. The summed E-state index contributed by atoms with van der Waals surface area (Å²) >= 11 is 0. The molecular weight excluding hydrogens is 340 g/mol. The van der Waals surface area contributed by atoms with Crippen LogP contribution >= 0.6 is 0 Å². The molecule has 0 saturated carbocycles. The number of aliphatic hydroxyl groups is 1. The fraction of sp³-hybridized carbons (Fsp3) is 0.273. The summed E-state index contributed by atoms with van der Waals surface area (Å²) in [6, 6.07) is 16.3. The van der Waals surface area contributed by atoms with Gasteiger partial charge < -0.3 is 15.3 Å². The zero-order chi connectivity index (χ0) is 19.0. The molecule has 5 nitrogen and oxygen atoms in total. The molecule has 0 saturated heterocycles. The van der Waals surface area contributed by atoms with Gasteiger partial charge in [-0.3, -0.25) is 9.59 Å². The van der Waals surface area contributed by atoms with Crippen LogP contribution in [-0.2, 0) is 16.0 Å². The molecule has 1 aliphatic heterocycles. The second-order valence-corrected chi connectivity index (χ2v) is 6.95. The van der Waals surface area contributed by atoms with Crippen LogP contribution in [0.4, 0.5) is 0 Å². The number of aliphatic hydroxyl groups excluding tert-OH is 1. The quantitative estimate of drug-likeness (QED) is 0.878. The minimum Gasteiger partial charge on any atom is -0.503 e. The van der Waals surface area contributed by atoms with Crippen LogP contribution in [0.15, 0.2) is 59.9 Å². The molecule has 2 N–H and O–H groups in total. The van der Waals surface area contributed by atoms with E-state index in [4.69, 9.17) is 0 Å². The van der Waals surface area contributed by atoms with E-state index in [9.17, 15) is 14.7 Å². The third kappa shape index (κ3) is 2.99. The maximum Gasteiger partial charge on any atom is 0.289 e.